The first-order chi connectivity index (χ1) is 17.3. The van der Waals surface area contributed by atoms with Crippen molar-refractivity contribution in [1.29, 1.82) is 5.26 Å². The van der Waals surface area contributed by atoms with E-state index >= 15 is 0 Å². The number of halogens is 3. The molecule has 1 amide bonds. The maximum atomic E-state index is 13.0. The van der Waals surface area contributed by atoms with Crippen molar-refractivity contribution in [1.82, 2.24) is 4.98 Å². The van der Waals surface area contributed by atoms with Gasteiger partial charge < -0.3 is 10.1 Å². The molecule has 0 bridgehead atoms. The largest absolute Gasteiger partial charge is 0.496 e. The van der Waals surface area contributed by atoms with Gasteiger partial charge >= 0.3 is 6.18 Å². The van der Waals surface area contributed by atoms with E-state index in [-0.39, 0.29) is 11.4 Å². The number of benzene rings is 2. The molecule has 0 radical (unpaired) electrons. The molecule has 0 atom stereocenters. The highest BCUT2D eigenvalue weighted by atomic mass is 32.2. The second-order valence-corrected chi connectivity index (χ2v) is 9.34. The summed E-state index contributed by atoms with van der Waals surface area (Å²) in [7, 11) is 1.54. The maximum absolute atomic E-state index is 13.0. The fourth-order valence-corrected chi connectivity index (χ4v) is 4.87. The minimum absolute atomic E-state index is 0.0258. The molecule has 0 aliphatic carbocycles. The minimum atomic E-state index is -4.52. The van der Waals surface area contributed by atoms with Crippen molar-refractivity contribution in [3.63, 3.8) is 0 Å². The summed E-state index contributed by atoms with van der Waals surface area (Å²) in [6.07, 6.45) is -4.52. The first kappa shape index (κ1) is 25.3. The zero-order chi connectivity index (χ0) is 25.7. The normalized spacial score (nSPS) is 11.1. The van der Waals surface area contributed by atoms with Gasteiger partial charge in [0.05, 0.1) is 34.5 Å². The van der Waals surface area contributed by atoms with Crippen molar-refractivity contribution < 1.29 is 22.7 Å². The molecule has 0 aliphatic heterocycles. The molecule has 4 aromatic rings. The zero-order valence-electron chi connectivity index (χ0n) is 18.8. The molecule has 2 aromatic carbocycles. The van der Waals surface area contributed by atoms with Gasteiger partial charge in [0.15, 0.2) is 0 Å². The molecule has 0 aliphatic rings. The quantitative estimate of drug-likeness (QED) is 0.278. The van der Waals surface area contributed by atoms with Gasteiger partial charge in [-0.25, -0.2) is 4.98 Å². The number of carbonyl (C=O) groups is 1. The summed E-state index contributed by atoms with van der Waals surface area (Å²) < 4.78 is 44.4. The van der Waals surface area contributed by atoms with E-state index in [1.165, 1.54) is 23.5 Å². The summed E-state index contributed by atoms with van der Waals surface area (Å²) >= 11 is 2.30. The smallest absolute Gasteiger partial charge is 0.416 e. The Morgan fingerprint density at radius 2 is 1.92 bits per heavy atom. The molecule has 10 heteroatoms. The Morgan fingerprint density at radius 1 is 1.11 bits per heavy atom. The van der Waals surface area contributed by atoms with Crippen molar-refractivity contribution in [2.24, 2.45) is 0 Å². The number of thioether (sulfide) groups is 1. The van der Waals surface area contributed by atoms with Gasteiger partial charge in [0.1, 0.15) is 11.8 Å². The predicted octanol–water partition coefficient (Wildman–Crippen LogP) is 7.84. The Kier molecular flexibility index (Phi) is 7.62. The van der Waals surface area contributed by atoms with Crippen molar-refractivity contribution in [3.05, 3.63) is 88.9 Å². The van der Waals surface area contributed by atoms with E-state index in [4.69, 9.17) is 4.74 Å². The lowest BCUT2D eigenvalue weighted by molar-refractivity contribution is -0.137. The average Bonchev–Trinajstić information content (AvgIpc) is 3.41. The number of aromatic nitrogens is 1. The number of amides is 1. The number of hydrogen-bond donors (Lipinski definition) is 1. The van der Waals surface area contributed by atoms with E-state index in [1.54, 1.807) is 13.2 Å². The first-order valence-corrected chi connectivity index (χ1v) is 12.4. The molecule has 0 unspecified atom stereocenters. The molecule has 2 heterocycles. The highest BCUT2D eigenvalue weighted by Gasteiger charge is 2.30. The minimum Gasteiger partial charge on any atom is -0.496 e. The molecule has 36 heavy (non-hydrogen) atoms. The van der Waals surface area contributed by atoms with Crippen LogP contribution in [-0.4, -0.2) is 17.3 Å². The van der Waals surface area contributed by atoms with Gasteiger partial charge in [0, 0.05) is 22.6 Å². The van der Waals surface area contributed by atoms with Crippen LogP contribution < -0.4 is 10.1 Å². The van der Waals surface area contributed by atoms with Crippen LogP contribution in [0.4, 0.5) is 23.7 Å². The van der Waals surface area contributed by atoms with Crippen LogP contribution in [0.2, 0.25) is 0 Å². The van der Waals surface area contributed by atoms with E-state index < -0.39 is 17.0 Å². The standard InChI is InChI=1S/C26H18F3N3O2S2/c1-34-23-9-3-2-8-18(23)19-13-21(24-10-5-11-35-24)32-22(20(19)14-30)15-36-25(33)31-17-7-4-6-16(12-17)26(27,28)29/h2-13H,15H2,1H3,(H,31,33). The number of alkyl halides is 3. The predicted molar refractivity (Wildman–Crippen MR) is 136 cm³/mol. The molecule has 1 N–H and O–H groups in total. The lowest BCUT2D eigenvalue weighted by atomic mass is 9.97. The molecular formula is C26H18F3N3O2S2. The van der Waals surface area contributed by atoms with Crippen LogP contribution in [0, 0.1) is 11.3 Å². The number of ether oxygens (including phenoxy) is 1. The highest BCUT2D eigenvalue weighted by Crippen LogP contribution is 2.37. The number of carbonyl (C=O) groups excluding carboxylic acids is 1. The monoisotopic (exact) mass is 525 g/mol. The fraction of sp³-hybridized carbons (Fsp3) is 0.115. The maximum Gasteiger partial charge on any atom is 0.416 e. The van der Waals surface area contributed by atoms with E-state index in [2.05, 4.69) is 16.4 Å². The van der Waals surface area contributed by atoms with E-state index in [0.717, 1.165) is 28.8 Å². The average molecular weight is 526 g/mol. The Morgan fingerprint density at radius 3 is 2.61 bits per heavy atom. The van der Waals surface area contributed by atoms with E-state index in [9.17, 15) is 23.2 Å². The fourth-order valence-electron chi connectivity index (χ4n) is 3.52. The molecule has 4 rings (SSSR count). The van der Waals surface area contributed by atoms with Gasteiger partial charge in [0.2, 0.25) is 0 Å². The van der Waals surface area contributed by atoms with Crippen molar-refractivity contribution in [2.45, 2.75) is 11.9 Å². The van der Waals surface area contributed by atoms with Crippen molar-refractivity contribution in [2.75, 3.05) is 12.4 Å². The van der Waals surface area contributed by atoms with Crippen molar-refractivity contribution in [3.8, 4) is 33.5 Å². The third-order valence-electron chi connectivity index (χ3n) is 5.15. The van der Waals surface area contributed by atoms with Crippen LogP contribution in [0.25, 0.3) is 21.7 Å². The second-order valence-electron chi connectivity index (χ2n) is 7.45. The van der Waals surface area contributed by atoms with Crippen LogP contribution in [0.3, 0.4) is 0 Å². The summed E-state index contributed by atoms with van der Waals surface area (Å²) in [6.45, 7) is 0. The molecule has 2 aromatic heterocycles. The second kappa shape index (κ2) is 10.8. The number of nitriles is 1. The van der Waals surface area contributed by atoms with Gasteiger partial charge in [-0.1, -0.05) is 42.1 Å². The number of nitrogens with one attached hydrogen (secondary N) is 1. The molecule has 182 valence electrons. The summed E-state index contributed by atoms with van der Waals surface area (Å²) in [5.74, 6) is 0.618. The molecule has 0 fully saturated rings. The Labute approximate surface area is 213 Å². The number of methoxy groups -OCH3 is 1. The van der Waals surface area contributed by atoms with Gasteiger partial charge in [0.25, 0.3) is 5.24 Å². The van der Waals surface area contributed by atoms with Crippen LogP contribution in [0.5, 0.6) is 5.75 Å². The van der Waals surface area contributed by atoms with Gasteiger partial charge in [-0.3, -0.25) is 4.79 Å². The van der Waals surface area contributed by atoms with E-state index in [1.807, 2.05) is 41.8 Å². The molecule has 0 spiro atoms. The first-order valence-electron chi connectivity index (χ1n) is 10.5. The summed E-state index contributed by atoms with van der Waals surface area (Å²) in [5.41, 5.74) is 1.80. The molecular weight excluding hydrogens is 507 g/mol. The number of thiophene rings is 1. The number of para-hydroxylation sites is 1. The Hall–Kier alpha value is -3.81. The number of nitrogens with zero attached hydrogens (tertiary/aromatic N) is 2. The lowest BCUT2D eigenvalue weighted by Gasteiger charge is -2.14. The Bertz CT molecular complexity index is 1430. The molecule has 0 saturated carbocycles. The topological polar surface area (TPSA) is 75.0 Å². The summed E-state index contributed by atoms with van der Waals surface area (Å²) in [4.78, 5) is 18.1. The SMILES string of the molecule is COc1ccccc1-c1cc(-c2cccs2)nc(CSC(=O)Nc2cccc(C(F)(F)F)c2)c1C#N. The molecule has 0 saturated heterocycles. The number of rotatable bonds is 6. The van der Waals surface area contributed by atoms with Crippen molar-refractivity contribution >= 4 is 34.0 Å². The van der Waals surface area contributed by atoms with Crippen LogP contribution in [-0.2, 0) is 11.9 Å². The van der Waals surface area contributed by atoms with Gasteiger partial charge in [-0.2, -0.15) is 18.4 Å². The van der Waals surface area contributed by atoms with Crippen LogP contribution >= 0.6 is 23.1 Å². The molecule has 5 nitrogen and oxygen atoms in total. The number of hydrogen-bond acceptors (Lipinski definition) is 6. The van der Waals surface area contributed by atoms with Gasteiger partial charge in [-0.05, 0) is 41.8 Å². The summed E-state index contributed by atoms with van der Waals surface area (Å²) in [6, 6.07) is 19.5. The van der Waals surface area contributed by atoms with Crippen LogP contribution in [0.1, 0.15) is 16.8 Å². The zero-order valence-corrected chi connectivity index (χ0v) is 20.4. The van der Waals surface area contributed by atoms with Gasteiger partial charge in [-0.15, -0.1) is 11.3 Å². The number of pyridine rings is 1. The third kappa shape index (κ3) is 5.70. The number of anilines is 1. The summed E-state index contributed by atoms with van der Waals surface area (Å²) in [5, 5.41) is 13.8. The highest BCUT2D eigenvalue weighted by molar-refractivity contribution is 8.13. The third-order valence-corrected chi connectivity index (χ3v) is 6.83. The van der Waals surface area contributed by atoms with Crippen LogP contribution in [0.15, 0.2) is 72.1 Å². The van der Waals surface area contributed by atoms with E-state index in [0.29, 0.717) is 33.8 Å². The lowest BCUT2D eigenvalue weighted by Crippen LogP contribution is -2.09. The Balaban J connectivity index is 1.65.